The first kappa shape index (κ1) is 5.36. The van der Waals surface area contributed by atoms with Gasteiger partial charge in [0.15, 0.2) is 0 Å². The van der Waals surface area contributed by atoms with E-state index in [1.54, 1.807) is 12.1 Å². The van der Waals surface area contributed by atoms with E-state index >= 15 is 0 Å². The van der Waals surface area contributed by atoms with Crippen LogP contribution >= 0.6 is 0 Å². The lowest BCUT2D eigenvalue weighted by molar-refractivity contribution is 1.50. The Labute approximate surface area is 52.6 Å². The number of benzene rings is 1. The van der Waals surface area contributed by atoms with E-state index < -0.39 is 0 Å². The van der Waals surface area contributed by atoms with Crippen LogP contribution < -0.4 is 0 Å². The van der Waals surface area contributed by atoms with Gasteiger partial charge in [-0.1, -0.05) is 50.2 Å². The zero-order valence-electron chi connectivity index (χ0n) is 6.39. The van der Waals surface area contributed by atoms with Crippen LogP contribution in [0, 0.1) is 0 Å². The summed E-state index contributed by atoms with van der Waals surface area (Å²) < 4.78 is 7.00. The normalized spacial score (nSPS) is 8.50. The van der Waals surface area contributed by atoms with Crippen LogP contribution in [0.25, 0.3) is 0 Å². The standard InChI is InChI=1S/C6H6.C2H6/c1-2-4-6-5-3-1;1-2/h1-6H;1-2H3/i1T;. The van der Waals surface area contributed by atoms with Crippen LogP contribution in [-0.2, 0) is 0 Å². The van der Waals surface area contributed by atoms with Gasteiger partial charge in [-0.05, 0) is 0 Å². The van der Waals surface area contributed by atoms with Crippen LogP contribution in [0.15, 0.2) is 36.4 Å². The zero-order valence-corrected chi connectivity index (χ0v) is 5.39. The van der Waals surface area contributed by atoms with Crippen molar-refractivity contribution in [3.8, 4) is 0 Å². The average Bonchev–Trinajstić information content (AvgIpc) is 1.94. The summed E-state index contributed by atoms with van der Waals surface area (Å²) in [7, 11) is 0. The predicted octanol–water partition coefficient (Wildman–Crippen LogP) is 2.71. The Bertz CT molecular complexity index is 134. The first-order chi connectivity index (χ1) is 4.39. The van der Waals surface area contributed by atoms with Crippen molar-refractivity contribution in [1.82, 2.24) is 0 Å². The highest BCUT2D eigenvalue weighted by molar-refractivity contribution is 4.99. The summed E-state index contributed by atoms with van der Waals surface area (Å²) in [5.74, 6) is 0. The van der Waals surface area contributed by atoms with Gasteiger partial charge in [-0.3, -0.25) is 0 Å². The van der Waals surface area contributed by atoms with Crippen molar-refractivity contribution in [3.05, 3.63) is 36.4 Å². The second kappa shape index (κ2) is 6.22. The zero-order chi connectivity index (χ0) is 7.11. The molecule has 1 rings (SSSR count). The molecule has 0 spiro atoms. The molecule has 0 saturated carbocycles. The summed E-state index contributed by atoms with van der Waals surface area (Å²) in [6, 6.07) is 9.67. The maximum absolute atomic E-state index is 7.00. The fourth-order valence-electron chi connectivity index (χ4n) is 0.342. The van der Waals surface area contributed by atoms with Gasteiger partial charge in [-0.2, -0.15) is 0 Å². The average molecular weight is 110 g/mol. The monoisotopic (exact) mass is 110 g/mol. The first-order valence-electron chi connectivity index (χ1n) is 3.41. The molecule has 44 valence electrons. The van der Waals surface area contributed by atoms with Gasteiger partial charge < -0.3 is 0 Å². The third-order valence-electron chi connectivity index (χ3n) is 0.607. The Hall–Kier alpha value is -0.780. The molecule has 0 heterocycles. The second-order valence-corrected chi connectivity index (χ2v) is 1.08. The molecular formula is C8H12. The highest BCUT2D eigenvalue weighted by Gasteiger charge is 1.57. The minimum atomic E-state index is 0.572. The lowest BCUT2D eigenvalue weighted by Gasteiger charge is -1.69. The van der Waals surface area contributed by atoms with E-state index in [2.05, 4.69) is 0 Å². The lowest BCUT2D eigenvalue weighted by atomic mass is 10.4. The minimum absolute atomic E-state index is 0.572. The van der Waals surface area contributed by atoms with E-state index in [9.17, 15) is 0 Å². The molecule has 0 fully saturated rings. The van der Waals surface area contributed by atoms with Crippen LogP contribution in [0.3, 0.4) is 0 Å². The van der Waals surface area contributed by atoms with E-state index in [0.29, 0.717) is 6.04 Å². The predicted molar refractivity (Wildman–Crippen MR) is 37.8 cm³/mol. The van der Waals surface area contributed by atoms with Gasteiger partial charge in [0.2, 0.25) is 0 Å². The van der Waals surface area contributed by atoms with Crippen molar-refractivity contribution in [3.63, 3.8) is 0 Å². The van der Waals surface area contributed by atoms with Crippen LogP contribution in [-0.4, -0.2) is 0 Å². The van der Waals surface area contributed by atoms with Crippen LogP contribution in [0.5, 0.6) is 0 Å². The summed E-state index contributed by atoms with van der Waals surface area (Å²) in [5, 5.41) is 0. The van der Waals surface area contributed by atoms with Gasteiger partial charge in [0.05, 0.1) is 1.37 Å². The third kappa shape index (κ3) is 3.41. The summed E-state index contributed by atoms with van der Waals surface area (Å²) >= 11 is 0. The van der Waals surface area contributed by atoms with E-state index in [0.717, 1.165) is 0 Å². The molecular weight excluding hydrogens is 96.1 g/mol. The Morgan fingerprint density at radius 1 is 0.875 bits per heavy atom. The van der Waals surface area contributed by atoms with E-state index in [4.69, 9.17) is 1.37 Å². The van der Waals surface area contributed by atoms with Crippen molar-refractivity contribution in [2.45, 2.75) is 13.8 Å². The molecule has 0 unspecified atom stereocenters. The molecule has 1 aromatic carbocycles. The maximum atomic E-state index is 7.00. The molecule has 0 saturated heterocycles. The van der Waals surface area contributed by atoms with Gasteiger partial charge in [-0.25, -0.2) is 0 Å². The van der Waals surface area contributed by atoms with Crippen molar-refractivity contribution >= 4 is 0 Å². The highest BCUT2D eigenvalue weighted by Crippen LogP contribution is 1.79. The number of rotatable bonds is 0. The molecule has 0 amide bonds. The number of hydrogen-bond acceptors (Lipinski definition) is 0. The lowest BCUT2D eigenvalue weighted by Crippen LogP contribution is -1.47. The smallest absolute Gasteiger partial charge is 0.0623 e. The van der Waals surface area contributed by atoms with Crippen LogP contribution in [0.1, 0.15) is 15.2 Å². The van der Waals surface area contributed by atoms with Crippen LogP contribution in [0.2, 0.25) is 0 Å². The Morgan fingerprint density at radius 2 is 1.25 bits per heavy atom. The third-order valence-corrected chi connectivity index (χ3v) is 0.607. The van der Waals surface area contributed by atoms with E-state index in [1.807, 2.05) is 32.0 Å². The minimum Gasteiger partial charge on any atom is -0.0683 e. The fraction of sp³-hybridized carbons (Fsp3) is 0.250. The van der Waals surface area contributed by atoms with Crippen molar-refractivity contribution in [1.29, 1.82) is 0 Å². The van der Waals surface area contributed by atoms with Gasteiger partial charge in [0, 0.05) is 0 Å². The van der Waals surface area contributed by atoms with Crippen molar-refractivity contribution in [2.75, 3.05) is 0 Å². The maximum Gasteiger partial charge on any atom is 0.0623 e. The molecule has 0 atom stereocenters. The molecule has 0 radical (unpaired) electrons. The number of hydrogen-bond donors (Lipinski definition) is 0. The van der Waals surface area contributed by atoms with Gasteiger partial charge in [0.1, 0.15) is 0 Å². The van der Waals surface area contributed by atoms with E-state index in [-0.39, 0.29) is 0 Å². The van der Waals surface area contributed by atoms with Crippen molar-refractivity contribution in [2.24, 2.45) is 0 Å². The SMILES string of the molecule is CC.[3H]c1ccccc1. The molecule has 0 nitrogen and oxygen atoms in total. The summed E-state index contributed by atoms with van der Waals surface area (Å²) in [6.07, 6.45) is 0. The molecule has 0 N–H and O–H groups in total. The summed E-state index contributed by atoms with van der Waals surface area (Å²) in [5.41, 5.74) is 0. The van der Waals surface area contributed by atoms with E-state index in [1.165, 1.54) is 0 Å². The summed E-state index contributed by atoms with van der Waals surface area (Å²) in [4.78, 5) is 0. The van der Waals surface area contributed by atoms with Gasteiger partial charge in [-0.15, -0.1) is 0 Å². The molecule has 0 heteroatoms. The van der Waals surface area contributed by atoms with Gasteiger partial charge in [0.25, 0.3) is 0 Å². The fourth-order valence-corrected chi connectivity index (χ4v) is 0.342. The molecule has 0 aromatic heterocycles. The highest BCUT2D eigenvalue weighted by atomic mass is 13.6. The Balaban J connectivity index is 0.000000291. The van der Waals surface area contributed by atoms with Crippen molar-refractivity contribution < 1.29 is 1.37 Å². The quantitative estimate of drug-likeness (QED) is 0.481. The second-order valence-electron chi connectivity index (χ2n) is 1.08. The molecule has 0 bridgehead atoms. The largest absolute Gasteiger partial charge is 0.0683 e. The molecule has 0 aliphatic heterocycles. The molecule has 0 aliphatic carbocycles. The Morgan fingerprint density at radius 3 is 1.50 bits per heavy atom. The first-order valence-corrected chi connectivity index (χ1v) is 2.91. The van der Waals surface area contributed by atoms with Gasteiger partial charge >= 0.3 is 0 Å². The topological polar surface area (TPSA) is 0 Å². The molecule has 0 aliphatic rings. The van der Waals surface area contributed by atoms with Crippen LogP contribution in [0.4, 0.5) is 0 Å². The summed E-state index contributed by atoms with van der Waals surface area (Å²) in [6.45, 7) is 4.00. The molecule has 1 aromatic rings. The molecule has 8 heavy (non-hydrogen) atoms. The Kier molecular flexibility index (Phi) is 4.17.